The summed E-state index contributed by atoms with van der Waals surface area (Å²) in [6, 6.07) is 13.4. The smallest absolute Gasteiger partial charge is 0.349 e. The normalized spacial score (nSPS) is 12.0. The van der Waals surface area contributed by atoms with E-state index in [-0.39, 0.29) is 17.4 Å². The van der Waals surface area contributed by atoms with E-state index in [2.05, 4.69) is 57.5 Å². The molecule has 4 heteroatoms. The Morgan fingerprint density at radius 3 is 2.12 bits per heavy atom. The van der Waals surface area contributed by atoms with Crippen molar-refractivity contribution in [1.29, 1.82) is 0 Å². The molecule has 26 heavy (non-hydrogen) atoms. The zero-order chi connectivity index (χ0) is 19.5. The van der Waals surface area contributed by atoms with Crippen molar-refractivity contribution in [1.82, 2.24) is 0 Å². The molecule has 0 aromatic heterocycles. The number of benzene rings is 2. The summed E-state index contributed by atoms with van der Waals surface area (Å²) >= 11 is 3.49. The van der Waals surface area contributed by atoms with Crippen LogP contribution < -0.4 is 9.47 Å². The summed E-state index contributed by atoms with van der Waals surface area (Å²) in [6.07, 6.45) is 0. The Hall–Kier alpha value is -1.81. The molecular weight excluding hydrogens is 392 g/mol. The van der Waals surface area contributed by atoms with Crippen molar-refractivity contribution in [3.05, 3.63) is 58.1 Å². The highest BCUT2D eigenvalue weighted by Crippen LogP contribution is 2.34. The van der Waals surface area contributed by atoms with Crippen molar-refractivity contribution in [2.75, 3.05) is 6.61 Å². The second-order valence-electron chi connectivity index (χ2n) is 8.40. The van der Waals surface area contributed by atoms with Gasteiger partial charge in [-0.15, -0.1) is 0 Å². The van der Waals surface area contributed by atoms with Gasteiger partial charge < -0.3 is 9.47 Å². The van der Waals surface area contributed by atoms with E-state index in [1.807, 2.05) is 42.5 Å². The molecule has 0 saturated carbocycles. The maximum Gasteiger partial charge on any atom is 0.349 e. The van der Waals surface area contributed by atoms with Gasteiger partial charge in [-0.1, -0.05) is 75.7 Å². The van der Waals surface area contributed by atoms with Crippen LogP contribution in [-0.4, -0.2) is 12.6 Å². The molecule has 0 fully saturated rings. The predicted octanol–water partition coefficient (Wildman–Crippen LogP) is 6.03. The number of ether oxygens (including phenoxy) is 2. The van der Waals surface area contributed by atoms with Crippen molar-refractivity contribution < 1.29 is 14.3 Å². The molecule has 0 N–H and O–H groups in total. The molecule has 0 saturated heterocycles. The number of rotatable bonds is 4. The first-order valence-electron chi connectivity index (χ1n) is 8.71. The molecule has 0 bridgehead atoms. The van der Waals surface area contributed by atoms with Crippen molar-refractivity contribution in [2.45, 2.75) is 52.4 Å². The standard InChI is InChI=1S/C22H27BrO3/c1-21(2,3)16-9-7-8-10-19(16)26-20(24)14-25-18-12-11-15(23)13-17(18)22(4,5)6/h7-13H,14H2,1-6H3. The molecule has 2 aromatic rings. The molecule has 0 heterocycles. The van der Waals surface area contributed by atoms with Crippen LogP contribution in [-0.2, 0) is 15.6 Å². The Bertz CT molecular complexity index is 783. The van der Waals surface area contributed by atoms with Crippen LogP contribution in [0.4, 0.5) is 0 Å². The molecule has 2 aromatic carbocycles. The fourth-order valence-electron chi connectivity index (χ4n) is 2.68. The number of esters is 1. The second kappa shape index (κ2) is 7.83. The van der Waals surface area contributed by atoms with Crippen molar-refractivity contribution in [3.63, 3.8) is 0 Å². The Morgan fingerprint density at radius 2 is 1.50 bits per heavy atom. The first-order chi connectivity index (χ1) is 12.0. The Kier molecular flexibility index (Phi) is 6.17. The zero-order valence-corrected chi connectivity index (χ0v) is 17.9. The Labute approximate surface area is 164 Å². The number of carbonyl (C=O) groups excluding carboxylic acids is 1. The third kappa shape index (κ3) is 5.34. The molecule has 0 amide bonds. The summed E-state index contributed by atoms with van der Waals surface area (Å²) in [5, 5.41) is 0. The summed E-state index contributed by atoms with van der Waals surface area (Å²) in [4.78, 5) is 12.3. The van der Waals surface area contributed by atoms with Crippen LogP contribution in [0.1, 0.15) is 52.7 Å². The van der Waals surface area contributed by atoms with E-state index in [0.717, 1.165) is 15.6 Å². The molecule has 0 atom stereocenters. The summed E-state index contributed by atoms with van der Waals surface area (Å²) in [7, 11) is 0. The van der Waals surface area contributed by atoms with Crippen LogP contribution in [0.25, 0.3) is 0 Å². The number of carbonyl (C=O) groups is 1. The van der Waals surface area contributed by atoms with Gasteiger partial charge in [-0.3, -0.25) is 0 Å². The zero-order valence-electron chi connectivity index (χ0n) is 16.4. The van der Waals surface area contributed by atoms with Gasteiger partial charge in [0.05, 0.1) is 0 Å². The molecule has 3 nitrogen and oxygen atoms in total. The van der Waals surface area contributed by atoms with Crippen LogP contribution in [0.5, 0.6) is 11.5 Å². The first kappa shape index (κ1) is 20.5. The van der Waals surface area contributed by atoms with Crippen LogP contribution in [0.2, 0.25) is 0 Å². The molecule has 0 aliphatic heterocycles. The minimum atomic E-state index is -0.413. The monoisotopic (exact) mass is 418 g/mol. The van der Waals surface area contributed by atoms with E-state index < -0.39 is 5.97 Å². The van der Waals surface area contributed by atoms with Crippen molar-refractivity contribution in [3.8, 4) is 11.5 Å². The van der Waals surface area contributed by atoms with Crippen molar-refractivity contribution in [2.24, 2.45) is 0 Å². The molecular formula is C22H27BrO3. The molecule has 0 radical (unpaired) electrons. The first-order valence-corrected chi connectivity index (χ1v) is 9.51. The van der Waals surface area contributed by atoms with E-state index in [1.165, 1.54) is 0 Å². The lowest BCUT2D eigenvalue weighted by Gasteiger charge is -2.23. The molecule has 0 aliphatic carbocycles. The average Bonchev–Trinajstić information content (AvgIpc) is 2.52. The quantitative estimate of drug-likeness (QED) is 0.449. The highest BCUT2D eigenvalue weighted by molar-refractivity contribution is 9.10. The van der Waals surface area contributed by atoms with Gasteiger partial charge in [0.2, 0.25) is 0 Å². The van der Waals surface area contributed by atoms with E-state index in [1.54, 1.807) is 0 Å². The largest absolute Gasteiger partial charge is 0.482 e. The topological polar surface area (TPSA) is 35.5 Å². The van der Waals surface area contributed by atoms with Gasteiger partial charge in [0.15, 0.2) is 6.61 Å². The number of hydrogen-bond acceptors (Lipinski definition) is 3. The average molecular weight is 419 g/mol. The van der Waals surface area contributed by atoms with Crippen LogP contribution in [0.3, 0.4) is 0 Å². The predicted molar refractivity (Wildman–Crippen MR) is 109 cm³/mol. The van der Waals surface area contributed by atoms with E-state index in [9.17, 15) is 4.79 Å². The fourth-order valence-corrected chi connectivity index (χ4v) is 3.04. The van der Waals surface area contributed by atoms with Gasteiger partial charge in [0.1, 0.15) is 11.5 Å². The molecule has 0 unspecified atom stereocenters. The maximum atomic E-state index is 12.3. The summed E-state index contributed by atoms with van der Waals surface area (Å²) in [5.74, 6) is 0.867. The number of para-hydroxylation sites is 1. The summed E-state index contributed by atoms with van der Waals surface area (Å²) in [6.45, 7) is 12.5. The minimum absolute atomic E-state index is 0.0954. The van der Waals surface area contributed by atoms with Gasteiger partial charge in [0.25, 0.3) is 0 Å². The molecule has 0 aliphatic rings. The maximum absolute atomic E-state index is 12.3. The molecule has 2 rings (SSSR count). The fraction of sp³-hybridized carbons (Fsp3) is 0.409. The van der Waals surface area contributed by atoms with Crippen molar-refractivity contribution >= 4 is 21.9 Å². The number of halogens is 1. The summed E-state index contributed by atoms with van der Waals surface area (Å²) in [5.41, 5.74) is 1.83. The van der Waals surface area contributed by atoms with Gasteiger partial charge in [-0.25, -0.2) is 4.79 Å². The minimum Gasteiger partial charge on any atom is -0.482 e. The highest BCUT2D eigenvalue weighted by Gasteiger charge is 2.22. The van der Waals surface area contributed by atoms with E-state index >= 15 is 0 Å². The third-order valence-corrected chi connectivity index (χ3v) is 4.51. The summed E-state index contributed by atoms with van der Waals surface area (Å²) < 4.78 is 12.3. The second-order valence-corrected chi connectivity index (χ2v) is 9.32. The van der Waals surface area contributed by atoms with Crippen LogP contribution in [0, 0.1) is 0 Å². The van der Waals surface area contributed by atoms with Crippen LogP contribution in [0.15, 0.2) is 46.9 Å². The SMILES string of the molecule is CC(C)(C)c1cc(Br)ccc1OCC(=O)Oc1ccccc1C(C)(C)C. The Balaban J connectivity index is 2.12. The number of hydrogen-bond donors (Lipinski definition) is 0. The third-order valence-electron chi connectivity index (χ3n) is 4.01. The van der Waals surface area contributed by atoms with Crippen LogP contribution >= 0.6 is 15.9 Å². The highest BCUT2D eigenvalue weighted by atomic mass is 79.9. The van der Waals surface area contributed by atoms with E-state index in [0.29, 0.717) is 11.5 Å². The lowest BCUT2D eigenvalue weighted by atomic mass is 9.86. The Morgan fingerprint density at radius 1 is 0.885 bits per heavy atom. The van der Waals surface area contributed by atoms with Gasteiger partial charge >= 0.3 is 5.97 Å². The molecule has 140 valence electrons. The van der Waals surface area contributed by atoms with Gasteiger partial charge in [-0.05, 0) is 35.1 Å². The lowest BCUT2D eigenvalue weighted by molar-refractivity contribution is -0.136. The van der Waals surface area contributed by atoms with Gasteiger partial charge in [-0.2, -0.15) is 0 Å². The lowest BCUT2D eigenvalue weighted by Crippen LogP contribution is -2.22. The van der Waals surface area contributed by atoms with Gasteiger partial charge in [0, 0.05) is 15.6 Å². The van der Waals surface area contributed by atoms with E-state index in [4.69, 9.17) is 9.47 Å². The molecule has 0 spiro atoms.